The van der Waals surface area contributed by atoms with E-state index in [1.54, 1.807) is 23.0 Å². The van der Waals surface area contributed by atoms with E-state index < -0.39 is 5.82 Å². The summed E-state index contributed by atoms with van der Waals surface area (Å²) >= 11 is 5.86. The molecule has 1 aromatic heterocycles. The summed E-state index contributed by atoms with van der Waals surface area (Å²) in [4.78, 5) is 12.0. The fraction of sp³-hybridized carbons (Fsp3) is 0.111. The third-order valence-corrected chi connectivity index (χ3v) is 3.70. The first kappa shape index (κ1) is 17.0. The van der Waals surface area contributed by atoms with Crippen molar-refractivity contribution in [1.29, 1.82) is 0 Å². The monoisotopic (exact) mass is 359 g/mol. The molecule has 2 aromatic carbocycles. The molecule has 1 heterocycles. The highest BCUT2D eigenvalue weighted by Gasteiger charge is 2.06. The van der Waals surface area contributed by atoms with E-state index in [2.05, 4.69) is 10.4 Å². The topological polar surface area (TPSA) is 56.1 Å². The number of benzene rings is 2. The van der Waals surface area contributed by atoms with Gasteiger partial charge in [0.05, 0.1) is 23.7 Å². The maximum Gasteiger partial charge on any atom is 0.227 e. The lowest BCUT2D eigenvalue weighted by atomic mass is 10.2. The second-order valence-corrected chi connectivity index (χ2v) is 5.63. The van der Waals surface area contributed by atoms with Crippen molar-refractivity contribution in [3.8, 4) is 11.4 Å². The summed E-state index contributed by atoms with van der Waals surface area (Å²) in [5, 5.41) is 7.10. The first-order chi connectivity index (χ1) is 12.1. The number of carbonyl (C=O) groups is 1. The van der Waals surface area contributed by atoms with Gasteiger partial charge in [0.25, 0.3) is 0 Å². The van der Waals surface area contributed by atoms with Gasteiger partial charge in [0.15, 0.2) is 0 Å². The van der Waals surface area contributed by atoms with Crippen LogP contribution in [0.3, 0.4) is 0 Å². The number of rotatable bonds is 6. The lowest BCUT2D eigenvalue weighted by Gasteiger charge is -2.09. The van der Waals surface area contributed by atoms with Crippen LogP contribution in [0.5, 0.6) is 5.75 Å². The van der Waals surface area contributed by atoms with Crippen LogP contribution in [-0.4, -0.2) is 22.3 Å². The second kappa shape index (κ2) is 7.81. The predicted octanol–water partition coefficient (Wildman–Crippen LogP) is 4.07. The number of hydrogen-bond donors (Lipinski definition) is 1. The van der Waals surface area contributed by atoms with Crippen LogP contribution < -0.4 is 10.1 Å². The second-order valence-electron chi connectivity index (χ2n) is 5.22. The number of carbonyl (C=O) groups excluding carboxylic acids is 1. The van der Waals surface area contributed by atoms with E-state index in [9.17, 15) is 9.18 Å². The van der Waals surface area contributed by atoms with E-state index in [0.29, 0.717) is 11.4 Å². The summed E-state index contributed by atoms with van der Waals surface area (Å²) in [6.45, 7) is 0.141. The van der Waals surface area contributed by atoms with Crippen molar-refractivity contribution >= 4 is 23.2 Å². The molecule has 128 valence electrons. The summed E-state index contributed by atoms with van der Waals surface area (Å²) in [6.07, 6.45) is 3.68. The normalized spacial score (nSPS) is 10.5. The zero-order chi connectivity index (χ0) is 17.6. The third-order valence-electron chi connectivity index (χ3n) is 3.40. The molecule has 0 bridgehead atoms. The maximum absolute atomic E-state index is 12.9. The highest BCUT2D eigenvalue weighted by atomic mass is 35.5. The molecule has 1 amide bonds. The van der Waals surface area contributed by atoms with Crippen molar-refractivity contribution in [2.24, 2.45) is 0 Å². The van der Waals surface area contributed by atoms with Crippen molar-refractivity contribution < 1.29 is 13.9 Å². The molecule has 5 nitrogen and oxygen atoms in total. The van der Waals surface area contributed by atoms with Crippen molar-refractivity contribution in [2.45, 2.75) is 6.42 Å². The van der Waals surface area contributed by atoms with Crippen molar-refractivity contribution in [1.82, 2.24) is 9.78 Å². The van der Waals surface area contributed by atoms with Gasteiger partial charge in [-0.3, -0.25) is 4.79 Å². The van der Waals surface area contributed by atoms with Crippen molar-refractivity contribution in [2.75, 3.05) is 11.9 Å². The first-order valence-corrected chi connectivity index (χ1v) is 7.97. The Morgan fingerprint density at radius 3 is 2.72 bits per heavy atom. The Balaban J connectivity index is 1.49. The number of anilines is 1. The standard InChI is InChI=1S/C18H15ClFN3O2/c19-16-12-13(20)2-7-17(16)25-11-8-18(24)22-14-3-5-15(6-4-14)23-10-1-9-21-23/h1-7,9-10,12H,8,11H2,(H,22,24). The van der Waals surface area contributed by atoms with E-state index in [0.717, 1.165) is 11.8 Å². The molecule has 0 aliphatic heterocycles. The van der Waals surface area contributed by atoms with Crippen LogP contribution >= 0.6 is 11.6 Å². The SMILES string of the molecule is O=C(CCOc1ccc(F)cc1Cl)Nc1ccc(-n2cccn2)cc1. The Bertz CT molecular complexity index is 851. The van der Waals surface area contributed by atoms with Crippen LogP contribution in [-0.2, 0) is 4.79 Å². The lowest BCUT2D eigenvalue weighted by molar-refractivity contribution is -0.116. The fourth-order valence-electron chi connectivity index (χ4n) is 2.19. The molecule has 1 N–H and O–H groups in total. The third kappa shape index (κ3) is 4.58. The largest absolute Gasteiger partial charge is 0.491 e. The van der Waals surface area contributed by atoms with Gasteiger partial charge < -0.3 is 10.1 Å². The number of halogens is 2. The fourth-order valence-corrected chi connectivity index (χ4v) is 2.41. The number of aromatic nitrogens is 2. The van der Waals surface area contributed by atoms with E-state index in [-0.39, 0.29) is 24.0 Å². The van der Waals surface area contributed by atoms with Crippen molar-refractivity contribution in [3.63, 3.8) is 0 Å². The van der Waals surface area contributed by atoms with Gasteiger partial charge in [0, 0.05) is 18.1 Å². The summed E-state index contributed by atoms with van der Waals surface area (Å²) in [5.41, 5.74) is 1.58. The Morgan fingerprint density at radius 1 is 1.24 bits per heavy atom. The van der Waals surface area contributed by atoms with Gasteiger partial charge in [0.2, 0.25) is 5.91 Å². The number of amides is 1. The highest BCUT2D eigenvalue weighted by molar-refractivity contribution is 6.32. The Hall–Kier alpha value is -2.86. The molecule has 0 saturated heterocycles. The van der Waals surface area contributed by atoms with E-state index in [1.807, 2.05) is 24.4 Å². The Labute approximate surface area is 149 Å². The van der Waals surface area contributed by atoms with Crippen LogP contribution in [0.15, 0.2) is 60.9 Å². The van der Waals surface area contributed by atoms with Crippen LogP contribution in [0.25, 0.3) is 5.69 Å². The summed E-state index contributed by atoms with van der Waals surface area (Å²) < 4.78 is 20.1. The van der Waals surface area contributed by atoms with Gasteiger partial charge in [-0.15, -0.1) is 0 Å². The lowest BCUT2D eigenvalue weighted by Crippen LogP contribution is -2.15. The van der Waals surface area contributed by atoms with Crippen LogP contribution in [0.2, 0.25) is 5.02 Å². The van der Waals surface area contributed by atoms with E-state index in [1.165, 1.54) is 12.1 Å². The predicted molar refractivity (Wildman–Crippen MR) is 93.7 cm³/mol. The molecular weight excluding hydrogens is 345 g/mol. The minimum Gasteiger partial charge on any atom is -0.491 e. The average Bonchev–Trinajstić information content (AvgIpc) is 3.12. The van der Waals surface area contributed by atoms with E-state index >= 15 is 0 Å². The van der Waals surface area contributed by atoms with Gasteiger partial charge in [-0.05, 0) is 48.5 Å². The van der Waals surface area contributed by atoms with Gasteiger partial charge in [-0.25, -0.2) is 9.07 Å². The van der Waals surface area contributed by atoms with Gasteiger partial charge in [0.1, 0.15) is 11.6 Å². The van der Waals surface area contributed by atoms with E-state index in [4.69, 9.17) is 16.3 Å². The van der Waals surface area contributed by atoms with Crippen LogP contribution in [0.1, 0.15) is 6.42 Å². The molecule has 7 heteroatoms. The molecule has 0 unspecified atom stereocenters. The minimum atomic E-state index is -0.436. The molecule has 25 heavy (non-hydrogen) atoms. The number of nitrogens with one attached hydrogen (secondary N) is 1. The number of ether oxygens (including phenoxy) is 1. The quantitative estimate of drug-likeness (QED) is 0.721. The Morgan fingerprint density at radius 2 is 2.04 bits per heavy atom. The van der Waals surface area contributed by atoms with Gasteiger partial charge >= 0.3 is 0 Å². The minimum absolute atomic E-state index is 0.141. The highest BCUT2D eigenvalue weighted by Crippen LogP contribution is 2.24. The molecule has 0 aliphatic rings. The molecule has 0 saturated carbocycles. The summed E-state index contributed by atoms with van der Waals surface area (Å²) in [7, 11) is 0. The van der Waals surface area contributed by atoms with Gasteiger partial charge in [-0.1, -0.05) is 11.6 Å². The molecule has 3 aromatic rings. The molecule has 0 atom stereocenters. The molecule has 3 rings (SSSR count). The first-order valence-electron chi connectivity index (χ1n) is 7.59. The van der Waals surface area contributed by atoms with Crippen LogP contribution in [0, 0.1) is 5.82 Å². The molecular formula is C18H15ClFN3O2. The van der Waals surface area contributed by atoms with Gasteiger partial charge in [-0.2, -0.15) is 5.10 Å². The maximum atomic E-state index is 12.9. The molecule has 0 radical (unpaired) electrons. The zero-order valence-electron chi connectivity index (χ0n) is 13.2. The Kier molecular flexibility index (Phi) is 5.30. The summed E-state index contributed by atoms with van der Waals surface area (Å²) in [5.74, 6) is -0.279. The molecule has 0 aliphatic carbocycles. The summed E-state index contributed by atoms with van der Waals surface area (Å²) in [6, 6.07) is 13.0. The number of hydrogen-bond acceptors (Lipinski definition) is 3. The smallest absolute Gasteiger partial charge is 0.227 e. The average molecular weight is 360 g/mol. The zero-order valence-corrected chi connectivity index (χ0v) is 13.9. The van der Waals surface area contributed by atoms with Crippen LogP contribution in [0.4, 0.5) is 10.1 Å². The van der Waals surface area contributed by atoms with Crippen molar-refractivity contribution in [3.05, 3.63) is 71.8 Å². The molecule has 0 fully saturated rings. The molecule has 0 spiro atoms. The number of nitrogens with zero attached hydrogens (tertiary/aromatic N) is 2.